The van der Waals surface area contributed by atoms with Crippen LogP contribution in [0.3, 0.4) is 0 Å². The summed E-state index contributed by atoms with van der Waals surface area (Å²) >= 11 is 0. The fraction of sp³-hybridized carbons (Fsp3) is 0. The van der Waals surface area contributed by atoms with Crippen LogP contribution < -0.4 is 5.32 Å². The van der Waals surface area contributed by atoms with E-state index in [4.69, 9.17) is 0 Å². The van der Waals surface area contributed by atoms with Gasteiger partial charge in [0, 0.05) is 28.4 Å². The van der Waals surface area contributed by atoms with Crippen molar-refractivity contribution in [3.8, 4) is 5.75 Å². The molecule has 5 heteroatoms. The molecule has 0 unspecified atom stereocenters. The lowest BCUT2D eigenvalue weighted by molar-refractivity contribution is -0.110. The van der Waals surface area contributed by atoms with E-state index in [0.29, 0.717) is 22.3 Å². The molecular weight excluding hydrogens is 295 g/mol. The number of aromatic nitrogens is 1. The number of carbonyl (C=O) groups is 1. The fourth-order valence-electron chi connectivity index (χ4n) is 2.76. The summed E-state index contributed by atoms with van der Waals surface area (Å²) in [4.78, 5) is 16.3. The molecule has 0 aliphatic carbocycles. The van der Waals surface area contributed by atoms with Crippen LogP contribution in [0, 0.1) is 5.82 Å². The van der Waals surface area contributed by atoms with Gasteiger partial charge in [-0.2, -0.15) is 0 Å². The normalized spacial score (nSPS) is 15.0. The molecule has 2 heterocycles. The summed E-state index contributed by atoms with van der Waals surface area (Å²) in [6.45, 7) is 0. The van der Waals surface area contributed by atoms with Crippen molar-refractivity contribution < 1.29 is 14.3 Å². The first-order valence-corrected chi connectivity index (χ1v) is 7.03. The zero-order chi connectivity index (χ0) is 16.0. The molecule has 0 atom stereocenters. The summed E-state index contributed by atoms with van der Waals surface area (Å²) in [5.74, 6) is -0.607. The van der Waals surface area contributed by atoms with Gasteiger partial charge in [0.1, 0.15) is 17.1 Å². The monoisotopic (exact) mass is 306 g/mol. The molecule has 1 amide bonds. The minimum absolute atomic E-state index is 0.0741. The lowest BCUT2D eigenvalue weighted by atomic mass is 10.0. The highest BCUT2D eigenvalue weighted by atomic mass is 19.1. The molecule has 4 rings (SSSR count). The largest absolute Gasteiger partial charge is 0.506 e. The third-order valence-corrected chi connectivity index (χ3v) is 3.85. The quantitative estimate of drug-likeness (QED) is 0.676. The summed E-state index contributed by atoms with van der Waals surface area (Å²) < 4.78 is 13.5. The van der Waals surface area contributed by atoms with Crippen LogP contribution >= 0.6 is 0 Å². The van der Waals surface area contributed by atoms with Crippen LogP contribution in [0.25, 0.3) is 22.6 Å². The van der Waals surface area contributed by atoms with Gasteiger partial charge in [-0.15, -0.1) is 0 Å². The fourth-order valence-corrected chi connectivity index (χ4v) is 2.76. The van der Waals surface area contributed by atoms with Crippen LogP contribution in [0.2, 0.25) is 0 Å². The number of fused-ring (bicyclic) bond motifs is 2. The van der Waals surface area contributed by atoms with Gasteiger partial charge in [-0.1, -0.05) is 12.1 Å². The van der Waals surface area contributed by atoms with Gasteiger partial charge in [-0.3, -0.25) is 9.78 Å². The van der Waals surface area contributed by atoms with Gasteiger partial charge in [0.15, 0.2) is 0 Å². The molecule has 0 fully saturated rings. The summed E-state index contributed by atoms with van der Waals surface area (Å²) in [5, 5.41) is 13.3. The van der Waals surface area contributed by atoms with E-state index in [1.54, 1.807) is 30.5 Å². The Kier molecular flexibility index (Phi) is 2.87. The second-order valence-corrected chi connectivity index (χ2v) is 5.28. The Balaban J connectivity index is 1.94. The zero-order valence-corrected chi connectivity index (χ0v) is 11.9. The van der Waals surface area contributed by atoms with Gasteiger partial charge in [-0.05, 0) is 42.0 Å². The van der Waals surface area contributed by atoms with Crippen molar-refractivity contribution in [2.75, 3.05) is 5.32 Å². The van der Waals surface area contributed by atoms with E-state index >= 15 is 0 Å². The first-order chi connectivity index (χ1) is 11.1. The highest BCUT2D eigenvalue weighted by Gasteiger charge is 2.24. The number of rotatable bonds is 1. The van der Waals surface area contributed by atoms with Crippen molar-refractivity contribution >= 4 is 34.1 Å². The van der Waals surface area contributed by atoms with Gasteiger partial charge < -0.3 is 10.4 Å². The third kappa shape index (κ3) is 2.14. The van der Waals surface area contributed by atoms with Crippen LogP contribution in [0.15, 0.2) is 48.7 Å². The Morgan fingerprint density at radius 1 is 1.17 bits per heavy atom. The zero-order valence-electron chi connectivity index (χ0n) is 11.9. The summed E-state index contributed by atoms with van der Waals surface area (Å²) in [6, 6.07) is 11.0. The van der Waals surface area contributed by atoms with E-state index in [-0.39, 0.29) is 11.7 Å². The summed E-state index contributed by atoms with van der Waals surface area (Å²) in [7, 11) is 0. The highest BCUT2D eigenvalue weighted by Crippen LogP contribution is 2.35. The van der Waals surface area contributed by atoms with Crippen LogP contribution in [0.1, 0.15) is 11.1 Å². The molecule has 1 aliphatic rings. The molecule has 0 saturated carbocycles. The van der Waals surface area contributed by atoms with Crippen molar-refractivity contribution in [2.24, 2.45) is 0 Å². The maximum absolute atomic E-state index is 13.5. The number of amides is 1. The van der Waals surface area contributed by atoms with E-state index in [1.807, 2.05) is 6.07 Å². The molecule has 4 nitrogen and oxygen atoms in total. The third-order valence-electron chi connectivity index (χ3n) is 3.85. The highest BCUT2D eigenvalue weighted by molar-refractivity contribution is 6.35. The molecule has 0 saturated heterocycles. The Morgan fingerprint density at radius 3 is 2.91 bits per heavy atom. The van der Waals surface area contributed by atoms with E-state index < -0.39 is 5.82 Å². The van der Waals surface area contributed by atoms with E-state index in [0.717, 1.165) is 10.9 Å². The molecule has 1 aromatic heterocycles. The van der Waals surface area contributed by atoms with Crippen molar-refractivity contribution in [1.82, 2.24) is 4.98 Å². The number of phenols is 1. The molecule has 23 heavy (non-hydrogen) atoms. The van der Waals surface area contributed by atoms with Crippen LogP contribution in [0.4, 0.5) is 10.1 Å². The second-order valence-electron chi connectivity index (χ2n) is 5.28. The van der Waals surface area contributed by atoms with Gasteiger partial charge in [0.2, 0.25) is 0 Å². The summed E-state index contributed by atoms with van der Waals surface area (Å²) in [6.07, 6.45) is 3.27. The molecule has 0 radical (unpaired) electrons. The first kappa shape index (κ1) is 13.5. The minimum atomic E-state index is -0.400. The number of anilines is 1. The average molecular weight is 306 g/mol. The SMILES string of the molecule is O=C1Nc2ccc(F)cc2C1=Cc1ccc(O)c2ncccc12. The van der Waals surface area contributed by atoms with Crippen molar-refractivity contribution in [1.29, 1.82) is 0 Å². The number of nitrogens with zero attached hydrogens (tertiary/aromatic N) is 1. The Bertz CT molecular complexity index is 995. The van der Waals surface area contributed by atoms with Crippen molar-refractivity contribution in [3.63, 3.8) is 0 Å². The predicted octanol–water partition coefficient (Wildman–Crippen LogP) is 3.57. The molecule has 2 N–H and O–H groups in total. The Hall–Kier alpha value is -3.21. The number of hydrogen-bond donors (Lipinski definition) is 2. The lowest BCUT2D eigenvalue weighted by Crippen LogP contribution is -2.03. The van der Waals surface area contributed by atoms with Crippen LogP contribution in [0.5, 0.6) is 5.75 Å². The minimum Gasteiger partial charge on any atom is -0.506 e. The second kappa shape index (κ2) is 4.91. The van der Waals surface area contributed by atoms with E-state index in [9.17, 15) is 14.3 Å². The number of carbonyl (C=O) groups excluding carboxylic acids is 1. The lowest BCUT2D eigenvalue weighted by Gasteiger charge is -2.05. The Labute approximate surface area is 130 Å². The number of benzene rings is 2. The Morgan fingerprint density at radius 2 is 2.04 bits per heavy atom. The van der Waals surface area contributed by atoms with Gasteiger partial charge in [-0.25, -0.2) is 4.39 Å². The number of pyridine rings is 1. The smallest absolute Gasteiger partial charge is 0.256 e. The number of nitrogens with one attached hydrogen (secondary N) is 1. The van der Waals surface area contributed by atoms with Crippen LogP contribution in [-0.2, 0) is 4.79 Å². The van der Waals surface area contributed by atoms with Crippen molar-refractivity contribution in [2.45, 2.75) is 0 Å². The van der Waals surface area contributed by atoms with Gasteiger partial charge >= 0.3 is 0 Å². The first-order valence-electron chi connectivity index (χ1n) is 7.03. The molecule has 1 aliphatic heterocycles. The number of halogens is 1. The molecule has 0 spiro atoms. The van der Waals surface area contributed by atoms with Gasteiger partial charge in [0.25, 0.3) is 5.91 Å². The molecule has 0 bridgehead atoms. The predicted molar refractivity (Wildman–Crippen MR) is 86.3 cm³/mol. The van der Waals surface area contributed by atoms with E-state index in [2.05, 4.69) is 10.3 Å². The van der Waals surface area contributed by atoms with E-state index in [1.165, 1.54) is 18.2 Å². The molecule has 3 aromatic rings. The average Bonchev–Trinajstić information content (AvgIpc) is 2.86. The number of phenolic OH excluding ortho intramolecular Hbond substituents is 1. The summed E-state index contributed by atoms with van der Waals surface area (Å²) in [5.41, 5.74) is 2.69. The van der Waals surface area contributed by atoms with Gasteiger partial charge in [0.05, 0.1) is 0 Å². The maximum Gasteiger partial charge on any atom is 0.256 e. The van der Waals surface area contributed by atoms with Crippen molar-refractivity contribution in [3.05, 3.63) is 65.6 Å². The standard InChI is InChI=1S/C18H11FN2O2/c19-11-4-5-15-13(9-11)14(18(23)21-15)8-10-3-6-16(22)17-12(10)2-1-7-20-17/h1-9,22H,(H,21,23). The topological polar surface area (TPSA) is 62.2 Å². The molecular formula is C18H11FN2O2. The maximum atomic E-state index is 13.5. The van der Waals surface area contributed by atoms with Crippen LogP contribution in [-0.4, -0.2) is 16.0 Å². The molecule has 112 valence electrons. The molecule has 2 aromatic carbocycles. The number of aromatic hydroxyl groups is 1. The number of hydrogen-bond acceptors (Lipinski definition) is 3.